The smallest absolute Gasteiger partial charge is 0.241 e. The Morgan fingerprint density at radius 3 is 2.78 bits per heavy atom. The van der Waals surface area contributed by atoms with Gasteiger partial charge in [-0.05, 0) is 60.2 Å². The zero-order chi connectivity index (χ0) is 17.0. The second-order valence-corrected chi connectivity index (χ2v) is 8.11. The molecule has 7 heteroatoms. The molecule has 1 amide bonds. The summed E-state index contributed by atoms with van der Waals surface area (Å²) in [4.78, 5) is 15.7. The Bertz CT molecular complexity index is 692. The SMILES string of the molecule is COc1ccc(Cl)cc1NC(=O)[C@@H](C)N(C)Cc1ccc(Br)s1. The first-order chi connectivity index (χ1) is 10.9. The van der Waals surface area contributed by atoms with Gasteiger partial charge in [0.05, 0.1) is 22.6 Å². The molecular formula is C16H18BrClN2O2S. The lowest BCUT2D eigenvalue weighted by molar-refractivity contribution is -0.120. The highest BCUT2D eigenvalue weighted by molar-refractivity contribution is 9.11. The van der Waals surface area contributed by atoms with Crippen LogP contribution in [0.25, 0.3) is 0 Å². The van der Waals surface area contributed by atoms with Crippen molar-refractivity contribution in [2.24, 2.45) is 0 Å². The number of ether oxygens (including phenoxy) is 1. The molecule has 0 radical (unpaired) electrons. The highest BCUT2D eigenvalue weighted by atomic mass is 79.9. The third-order valence-electron chi connectivity index (χ3n) is 3.49. The summed E-state index contributed by atoms with van der Waals surface area (Å²) >= 11 is 11.1. The third-order valence-corrected chi connectivity index (χ3v) is 5.34. The van der Waals surface area contributed by atoms with Crippen molar-refractivity contribution in [1.82, 2.24) is 4.90 Å². The number of hydrogen-bond acceptors (Lipinski definition) is 4. The van der Waals surface area contributed by atoms with Crippen LogP contribution in [0.5, 0.6) is 5.75 Å². The van der Waals surface area contributed by atoms with Gasteiger partial charge in [0.1, 0.15) is 5.75 Å². The Morgan fingerprint density at radius 2 is 2.17 bits per heavy atom. The third kappa shape index (κ3) is 4.94. The Kier molecular flexibility index (Phi) is 6.47. The average Bonchev–Trinajstić information content (AvgIpc) is 2.91. The molecule has 0 saturated heterocycles. The van der Waals surface area contributed by atoms with Crippen molar-refractivity contribution in [2.45, 2.75) is 19.5 Å². The van der Waals surface area contributed by atoms with Crippen LogP contribution < -0.4 is 10.1 Å². The van der Waals surface area contributed by atoms with Gasteiger partial charge in [-0.2, -0.15) is 0 Å². The molecule has 4 nitrogen and oxygen atoms in total. The maximum Gasteiger partial charge on any atom is 0.241 e. The number of amides is 1. The van der Waals surface area contributed by atoms with E-state index in [9.17, 15) is 4.79 Å². The predicted octanol–water partition coefficient (Wildman–Crippen LogP) is 4.63. The quantitative estimate of drug-likeness (QED) is 0.745. The van der Waals surface area contributed by atoms with E-state index in [1.165, 1.54) is 4.88 Å². The van der Waals surface area contributed by atoms with Crippen LogP contribution >= 0.6 is 38.9 Å². The van der Waals surface area contributed by atoms with Crippen LogP contribution in [-0.4, -0.2) is 31.0 Å². The van der Waals surface area contributed by atoms with Gasteiger partial charge >= 0.3 is 0 Å². The second-order valence-electron chi connectivity index (χ2n) is 5.13. The number of anilines is 1. The number of thiophene rings is 1. The number of hydrogen-bond donors (Lipinski definition) is 1. The lowest BCUT2D eigenvalue weighted by Gasteiger charge is -2.23. The van der Waals surface area contributed by atoms with Crippen molar-refractivity contribution in [1.29, 1.82) is 0 Å². The highest BCUT2D eigenvalue weighted by Gasteiger charge is 2.20. The van der Waals surface area contributed by atoms with E-state index >= 15 is 0 Å². The largest absolute Gasteiger partial charge is 0.495 e. The zero-order valence-electron chi connectivity index (χ0n) is 13.1. The van der Waals surface area contributed by atoms with Crippen LogP contribution in [0.15, 0.2) is 34.1 Å². The van der Waals surface area contributed by atoms with Crippen LogP contribution in [0.4, 0.5) is 5.69 Å². The number of halogens is 2. The van der Waals surface area contributed by atoms with Gasteiger partial charge in [-0.25, -0.2) is 0 Å². The number of nitrogens with zero attached hydrogens (tertiary/aromatic N) is 1. The summed E-state index contributed by atoms with van der Waals surface area (Å²) in [5.74, 6) is 0.475. The molecule has 1 heterocycles. The van der Waals surface area contributed by atoms with E-state index in [-0.39, 0.29) is 11.9 Å². The molecule has 124 valence electrons. The molecule has 1 N–H and O–H groups in total. The fourth-order valence-electron chi connectivity index (χ4n) is 2.03. The molecule has 1 aromatic heterocycles. The molecule has 0 aliphatic carbocycles. The minimum Gasteiger partial charge on any atom is -0.495 e. The molecule has 0 fully saturated rings. The molecule has 1 atom stereocenters. The van der Waals surface area contributed by atoms with E-state index in [1.54, 1.807) is 36.6 Å². The monoisotopic (exact) mass is 416 g/mol. The average molecular weight is 418 g/mol. The molecular weight excluding hydrogens is 400 g/mol. The van der Waals surface area contributed by atoms with E-state index in [1.807, 2.05) is 24.9 Å². The molecule has 0 saturated carbocycles. The summed E-state index contributed by atoms with van der Waals surface area (Å²) < 4.78 is 6.33. The predicted molar refractivity (Wildman–Crippen MR) is 99.6 cm³/mol. The van der Waals surface area contributed by atoms with Gasteiger partial charge in [-0.3, -0.25) is 9.69 Å². The van der Waals surface area contributed by atoms with Gasteiger partial charge in [-0.1, -0.05) is 11.6 Å². The van der Waals surface area contributed by atoms with Crippen LogP contribution in [0.2, 0.25) is 5.02 Å². The molecule has 1 aromatic carbocycles. The number of carbonyl (C=O) groups is 1. The van der Waals surface area contributed by atoms with E-state index in [4.69, 9.17) is 16.3 Å². The lowest BCUT2D eigenvalue weighted by Crippen LogP contribution is -2.39. The molecule has 0 spiro atoms. The molecule has 0 aliphatic heterocycles. The van der Waals surface area contributed by atoms with Crippen LogP contribution in [-0.2, 0) is 11.3 Å². The van der Waals surface area contributed by atoms with Crippen molar-refractivity contribution in [3.63, 3.8) is 0 Å². The molecule has 0 aliphatic rings. The Hall–Kier alpha value is -1.08. The van der Waals surface area contributed by atoms with E-state index in [2.05, 4.69) is 27.3 Å². The first-order valence-electron chi connectivity index (χ1n) is 6.99. The topological polar surface area (TPSA) is 41.6 Å². The normalized spacial score (nSPS) is 12.3. The number of rotatable bonds is 6. The lowest BCUT2D eigenvalue weighted by atomic mass is 10.2. The minimum atomic E-state index is -0.292. The van der Waals surface area contributed by atoms with Crippen LogP contribution in [0, 0.1) is 0 Å². The van der Waals surface area contributed by atoms with Crippen LogP contribution in [0.1, 0.15) is 11.8 Å². The maximum atomic E-state index is 12.5. The van der Waals surface area contributed by atoms with E-state index in [0.29, 0.717) is 23.0 Å². The van der Waals surface area contributed by atoms with Crippen LogP contribution in [0.3, 0.4) is 0 Å². The Balaban J connectivity index is 2.03. The van der Waals surface area contributed by atoms with Gasteiger partial charge in [0.25, 0.3) is 0 Å². The Morgan fingerprint density at radius 1 is 1.43 bits per heavy atom. The number of nitrogens with one attached hydrogen (secondary N) is 1. The molecule has 0 bridgehead atoms. The summed E-state index contributed by atoms with van der Waals surface area (Å²) in [5.41, 5.74) is 0.573. The zero-order valence-corrected chi connectivity index (χ0v) is 16.3. The van der Waals surface area contributed by atoms with E-state index < -0.39 is 0 Å². The summed E-state index contributed by atoms with van der Waals surface area (Å²) in [6, 6.07) is 8.90. The van der Waals surface area contributed by atoms with E-state index in [0.717, 1.165) is 3.79 Å². The highest BCUT2D eigenvalue weighted by Crippen LogP contribution is 2.28. The molecule has 23 heavy (non-hydrogen) atoms. The fourth-order valence-corrected chi connectivity index (χ4v) is 3.75. The number of carbonyl (C=O) groups excluding carboxylic acids is 1. The number of methoxy groups -OCH3 is 1. The maximum absolute atomic E-state index is 12.5. The van der Waals surface area contributed by atoms with Gasteiger partial charge in [0.2, 0.25) is 5.91 Å². The van der Waals surface area contributed by atoms with Gasteiger partial charge in [0, 0.05) is 16.4 Å². The number of likely N-dealkylation sites (N-methyl/N-ethyl adjacent to an activating group) is 1. The first-order valence-corrected chi connectivity index (χ1v) is 8.98. The molecule has 2 rings (SSSR count). The van der Waals surface area contributed by atoms with Crippen molar-refractivity contribution in [3.05, 3.63) is 44.0 Å². The second kappa shape index (κ2) is 8.15. The summed E-state index contributed by atoms with van der Waals surface area (Å²) in [5, 5.41) is 3.42. The Labute approximate surface area is 153 Å². The van der Waals surface area contributed by atoms with Crippen molar-refractivity contribution in [2.75, 3.05) is 19.5 Å². The van der Waals surface area contributed by atoms with Gasteiger partial charge in [-0.15, -0.1) is 11.3 Å². The summed E-state index contributed by atoms with van der Waals surface area (Å²) in [6.45, 7) is 2.58. The van der Waals surface area contributed by atoms with Crippen molar-refractivity contribution in [3.8, 4) is 5.75 Å². The molecule has 0 unspecified atom stereocenters. The van der Waals surface area contributed by atoms with Gasteiger partial charge in [0.15, 0.2) is 0 Å². The van der Waals surface area contributed by atoms with Gasteiger partial charge < -0.3 is 10.1 Å². The minimum absolute atomic E-state index is 0.108. The van der Waals surface area contributed by atoms with Crippen molar-refractivity contribution < 1.29 is 9.53 Å². The summed E-state index contributed by atoms with van der Waals surface area (Å²) in [7, 11) is 3.48. The number of benzene rings is 1. The van der Waals surface area contributed by atoms with Crippen molar-refractivity contribution >= 4 is 50.5 Å². The fraction of sp³-hybridized carbons (Fsp3) is 0.312. The molecule has 2 aromatic rings. The first kappa shape index (κ1) is 18.3. The standard InChI is InChI=1S/C16H18BrClN2O2S/c1-10(20(2)9-12-5-7-15(17)23-12)16(21)19-13-8-11(18)4-6-14(13)22-3/h4-8,10H,9H2,1-3H3,(H,19,21)/t10-/m1/s1. The summed E-state index contributed by atoms with van der Waals surface area (Å²) in [6.07, 6.45) is 0.